The van der Waals surface area contributed by atoms with Gasteiger partial charge in [-0.1, -0.05) is 36.8 Å². The quantitative estimate of drug-likeness (QED) is 0.334. The standard InChI is InChI=1S/C19H21N3O5/c1-3-17(13-6-4-12(2)5-7-13)21-18(23)11-27-19(24)15-10-14(22(25)26)8-9-16(15)20/h4-10,17H,3,11,20H2,1-2H3,(H,21,23)/t17-/m0/s1. The number of carbonyl (C=O) groups is 2. The van der Waals surface area contributed by atoms with Crippen molar-refractivity contribution in [2.75, 3.05) is 12.3 Å². The minimum absolute atomic E-state index is 0.0390. The van der Waals surface area contributed by atoms with Gasteiger partial charge in [0.05, 0.1) is 16.5 Å². The Balaban J connectivity index is 1.98. The van der Waals surface area contributed by atoms with Gasteiger partial charge in [0.15, 0.2) is 6.61 Å². The highest BCUT2D eigenvalue weighted by Gasteiger charge is 2.19. The van der Waals surface area contributed by atoms with Crippen LogP contribution in [0.2, 0.25) is 0 Å². The highest BCUT2D eigenvalue weighted by molar-refractivity contribution is 5.97. The molecule has 0 aliphatic heterocycles. The van der Waals surface area contributed by atoms with Crippen LogP contribution in [-0.4, -0.2) is 23.4 Å². The Kier molecular flexibility index (Phi) is 6.48. The van der Waals surface area contributed by atoms with Crippen LogP contribution in [0.15, 0.2) is 42.5 Å². The molecule has 0 spiro atoms. The second-order valence-corrected chi connectivity index (χ2v) is 6.04. The lowest BCUT2D eigenvalue weighted by molar-refractivity contribution is -0.384. The molecule has 3 N–H and O–H groups in total. The molecule has 0 bridgehead atoms. The summed E-state index contributed by atoms with van der Waals surface area (Å²) in [4.78, 5) is 34.4. The summed E-state index contributed by atoms with van der Waals surface area (Å²) in [6.45, 7) is 3.40. The average Bonchev–Trinajstić information content (AvgIpc) is 2.65. The van der Waals surface area contributed by atoms with Gasteiger partial charge in [-0.25, -0.2) is 4.79 Å². The fourth-order valence-corrected chi connectivity index (χ4v) is 2.50. The Hall–Kier alpha value is -3.42. The van der Waals surface area contributed by atoms with Gasteiger partial charge in [-0.15, -0.1) is 0 Å². The molecule has 2 rings (SSSR count). The van der Waals surface area contributed by atoms with Crippen LogP contribution in [0.4, 0.5) is 11.4 Å². The van der Waals surface area contributed by atoms with Gasteiger partial charge in [0.2, 0.25) is 0 Å². The van der Waals surface area contributed by atoms with Gasteiger partial charge < -0.3 is 15.8 Å². The van der Waals surface area contributed by atoms with Crippen molar-refractivity contribution in [1.82, 2.24) is 5.32 Å². The molecule has 0 radical (unpaired) electrons. The maximum atomic E-state index is 12.1. The van der Waals surface area contributed by atoms with E-state index in [4.69, 9.17) is 10.5 Å². The zero-order chi connectivity index (χ0) is 20.0. The molecule has 27 heavy (non-hydrogen) atoms. The van der Waals surface area contributed by atoms with Crippen LogP contribution >= 0.6 is 0 Å². The highest BCUT2D eigenvalue weighted by Crippen LogP contribution is 2.21. The van der Waals surface area contributed by atoms with Crippen LogP contribution in [0.1, 0.15) is 40.9 Å². The molecule has 0 aliphatic rings. The van der Waals surface area contributed by atoms with Crippen molar-refractivity contribution >= 4 is 23.3 Å². The number of amides is 1. The molecule has 0 fully saturated rings. The number of non-ortho nitro benzene ring substituents is 1. The molecular weight excluding hydrogens is 350 g/mol. The summed E-state index contributed by atoms with van der Waals surface area (Å²) in [5.74, 6) is -1.37. The molecule has 1 atom stereocenters. The summed E-state index contributed by atoms with van der Waals surface area (Å²) in [6.07, 6.45) is 0.667. The first-order valence-electron chi connectivity index (χ1n) is 8.38. The number of nitrogen functional groups attached to an aromatic ring is 1. The number of hydrogen-bond acceptors (Lipinski definition) is 6. The minimum Gasteiger partial charge on any atom is -0.452 e. The number of anilines is 1. The Morgan fingerprint density at radius 2 is 1.89 bits per heavy atom. The van der Waals surface area contributed by atoms with Crippen LogP contribution < -0.4 is 11.1 Å². The van der Waals surface area contributed by atoms with E-state index in [1.165, 1.54) is 12.1 Å². The predicted octanol–water partition coefficient (Wildman–Crippen LogP) is 2.91. The molecule has 142 valence electrons. The predicted molar refractivity (Wildman–Crippen MR) is 100 cm³/mol. The number of carbonyl (C=O) groups excluding carboxylic acids is 2. The fraction of sp³-hybridized carbons (Fsp3) is 0.263. The summed E-state index contributed by atoms with van der Waals surface area (Å²) in [5.41, 5.74) is 7.33. The van der Waals surface area contributed by atoms with Gasteiger partial charge in [-0.05, 0) is 25.0 Å². The van der Waals surface area contributed by atoms with Crippen molar-refractivity contribution in [3.8, 4) is 0 Å². The van der Waals surface area contributed by atoms with Gasteiger partial charge in [0.1, 0.15) is 0 Å². The van der Waals surface area contributed by atoms with Gasteiger partial charge in [-0.2, -0.15) is 0 Å². The first-order chi connectivity index (χ1) is 12.8. The third-order valence-corrected chi connectivity index (χ3v) is 4.03. The zero-order valence-corrected chi connectivity index (χ0v) is 15.1. The van der Waals surface area contributed by atoms with E-state index >= 15 is 0 Å². The Labute approximate surface area is 156 Å². The monoisotopic (exact) mass is 371 g/mol. The molecule has 0 heterocycles. The van der Waals surface area contributed by atoms with E-state index in [1.54, 1.807) is 0 Å². The summed E-state index contributed by atoms with van der Waals surface area (Å²) < 4.78 is 4.95. The molecule has 8 heteroatoms. The van der Waals surface area contributed by atoms with Crippen LogP contribution in [0, 0.1) is 17.0 Å². The number of nitrogens with zero attached hydrogens (tertiary/aromatic N) is 1. The molecule has 0 saturated heterocycles. The number of nitrogens with two attached hydrogens (primary N) is 1. The van der Waals surface area contributed by atoms with Gasteiger partial charge in [-0.3, -0.25) is 14.9 Å². The number of aryl methyl sites for hydroxylation is 1. The second-order valence-electron chi connectivity index (χ2n) is 6.04. The molecule has 8 nitrogen and oxygen atoms in total. The summed E-state index contributed by atoms with van der Waals surface area (Å²) in [6, 6.07) is 11.0. The SMILES string of the molecule is CC[C@H](NC(=O)COC(=O)c1cc([N+](=O)[O-])ccc1N)c1ccc(C)cc1. The zero-order valence-electron chi connectivity index (χ0n) is 15.1. The molecule has 2 aromatic rings. The molecule has 2 aromatic carbocycles. The Bertz CT molecular complexity index is 849. The van der Waals surface area contributed by atoms with Crippen LogP contribution in [0.5, 0.6) is 0 Å². The average molecular weight is 371 g/mol. The van der Waals surface area contributed by atoms with E-state index in [-0.39, 0.29) is 23.0 Å². The smallest absolute Gasteiger partial charge is 0.341 e. The largest absolute Gasteiger partial charge is 0.452 e. The number of nitro benzene ring substituents is 1. The first kappa shape index (κ1) is 19.9. The number of benzene rings is 2. The normalized spacial score (nSPS) is 11.5. The van der Waals surface area contributed by atoms with Crippen LogP contribution in [-0.2, 0) is 9.53 Å². The maximum Gasteiger partial charge on any atom is 0.341 e. The number of nitro groups is 1. The van der Waals surface area contributed by atoms with E-state index in [1.807, 2.05) is 38.1 Å². The van der Waals surface area contributed by atoms with Crippen molar-refractivity contribution < 1.29 is 19.2 Å². The van der Waals surface area contributed by atoms with E-state index in [9.17, 15) is 19.7 Å². The van der Waals surface area contributed by atoms with E-state index in [0.29, 0.717) is 6.42 Å². The summed E-state index contributed by atoms with van der Waals surface area (Å²) in [7, 11) is 0. The Morgan fingerprint density at radius 1 is 1.22 bits per heavy atom. The minimum atomic E-state index is -0.894. The third kappa shape index (κ3) is 5.27. The molecule has 1 amide bonds. The van der Waals surface area contributed by atoms with Crippen molar-refractivity contribution in [3.05, 3.63) is 69.3 Å². The highest BCUT2D eigenvalue weighted by atomic mass is 16.6. The van der Waals surface area contributed by atoms with Crippen molar-refractivity contribution in [2.24, 2.45) is 0 Å². The second kappa shape index (κ2) is 8.79. The van der Waals surface area contributed by atoms with Crippen LogP contribution in [0.25, 0.3) is 0 Å². The molecule has 0 aromatic heterocycles. The van der Waals surface area contributed by atoms with E-state index < -0.39 is 23.4 Å². The fourth-order valence-electron chi connectivity index (χ4n) is 2.50. The number of esters is 1. The number of rotatable bonds is 7. The van der Waals surface area contributed by atoms with E-state index in [2.05, 4.69) is 5.32 Å². The topological polar surface area (TPSA) is 125 Å². The molecule has 0 saturated carbocycles. The number of ether oxygens (including phenoxy) is 1. The van der Waals surface area contributed by atoms with Crippen molar-refractivity contribution in [2.45, 2.75) is 26.3 Å². The number of hydrogen-bond donors (Lipinski definition) is 2. The summed E-state index contributed by atoms with van der Waals surface area (Å²) in [5, 5.41) is 13.6. The van der Waals surface area contributed by atoms with Gasteiger partial charge in [0, 0.05) is 17.8 Å². The van der Waals surface area contributed by atoms with Gasteiger partial charge >= 0.3 is 5.97 Å². The summed E-state index contributed by atoms with van der Waals surface area (Å²) >= 11 is 0. The third-order valence-electron chi connectivity index (χ3n) is 4.03. The molecule has 0 aliphatic carbocycles. The Morgan fingerprint density at radius 3 is 2.48 bits per heavy atom. The lowest BCUT2D eigenvalue weighted by Gasteiger charge is -2.17. The van der Waals surface area contributed by atoms with Gasteiger partial charge in [0.25, 0.3) is 11.6 Å². The van der Waals surface area contributed by atoms with Crippen molar-refractivity contribution in [3.63, 3.8) is 0 Å². The lowest BCUT2D eigenvalue weighted by atomic mass is 10.0. The maximum absolute atomic E-state index is 12.1. The van der Waals surface area contributed by atoms with Crippen molar-refractivity contribution in [1.29, 1.82) is 0 Å². The molecule has 0 unspecified atom stereocenters. The first-order valence-corrected chi connectivity index (χ1v) is 8.38. The van der Waals surface area contributed by atoms with E-state index in [0.717, 1.165) is 17.2 Å². The number of nitrogens with one attached hydrogen (secondary N) is 1. The van der Waals surface area contributed by atoms with Crippen LogP contribution in [0.3, 0.4) is 0 Å². The lowest BCUT2D eigenvalue weighted by Crippen LogP contribution is -2.32. The molecular formula is C19H21N3O5.